The van der Waals surface area contributed by atoms with Gasteiger partial charge < -0.3 is 5.32 Å². The van der Waals surface area contributed by atoms with Crippen molar-refractivity contribution in [3.05, 3.63) is 27.7 Å². The van der Waals surface area contributed by atoms with Gasteiger partial charge in [0, 0.05) is 25.5 Å². The lowest BCUT2D eigenvalue weighted by molar-refractivity contribution is -0.0492. The number of aromatic nitrogens is 4. The smallest absolute Gasteiger partial charge is 0.278 e. The lowest BCUT2D eigenvalue weighted by Gasteiger charge is -2.56. The second kappa shape index (κ2) is 5.56. The Morgan fingerprint density at radius 1 is 1.20 bits per heavy atom. The summed E-state index contributed by atoms with van der Waals surface area (Å²) in [6.07, 6.45) is 11.9. The number of carbonyl (C=O) groups is 1. The van der Waals surface area contributed by atoms with Crippen molar-refractivity contribution in [2.45, 2.75) is 44.1 Å². The Morgan fingerprint density at radius 3 is 2.40 bits per heavy atom. The van der Waals surface area contributed by atoms with Crippen molar-refractivity contribution < 1.29 is 4.79 Å². The van der Waals surface area contributed by atoms with Crippen LogP contribution in [-0.4, -0.2) is 25.5 Å². The van der Waals surface area contributed by atoms with Crippen molar-refractivity contribution in [2.75, 3.05) is 5.32 Å². The highest BCUT2D eigenvalue weighted by Crippen LogP contribution is 2.58. The van der Waals surface area contributed by atoms with Gasteiger partial charge in [0.05, 0.1) is 9.11 Å². The second-order valence-electron chi connectivity index (χ2n) is 8.24. The summed E-state index contributed by atoms with van der Waals surface area (Å²) in [4.78, 5) is 12.5. The van der Waals surface area contributed by atoms with Crippen molar-refractivity contribution in [2.24, 2.45) is 24.8 Å². The highest BCUT2D eigenvalue weighted by molar-refractivity contribution is 14.1. The molecule has 6 nitrogen and oxygen atoms in total. The first-order valence-corrected chi connectivity index (χ1v) is 10.2. The Morgan fingerprint density at radius 2 is 1.84 bits per heavy atom. The van der Waals surface area contributed by atoms with Crippen LogP contribution in [0.25, 0.3) is 0 Å². The van der Waals surface area contributed by atoms with E-state index in [0.29, 0.717) is 11.5 Å². The molecule has 0 aliphatic heterocycles. The summed E-state index contributed by atoms with van der Waals surface area (Å²) in [5, 5.41) is 11.9. The molecule has 0 aromatic carbocycles. The lowest BCUT2D eigenvalue weighted by Crippen LogP contribution is -2.52. The molecule has 0 spiro atoms. The number of amides is 1. The highest BCUT2D eigenvalue weighted by Gasteiger charge is 2.52. The maximum Gasteiger partial charge on any atom is 0.278 e. The third-order valence-electron chi connectivity index (χ3n) is 6.32. The summed E-state index contributed by atoms with van der Waals surface area (Å²) < 4.78 is 4.67. The quantitative estimate of drug-likeness (QED) is 0.728. The minimum Gasteiger partial charge on any atom is -0.304 e. The molecule has 0 atom stereocenters. The third-order valence-corrected chi connectivity index (χ3v) is 7.11. The SMILES string of the molecule is Cn1cc(I)c(C(=O)Nc2ccn(C34CC5CC(CC(C5)C3)C4)n2)n1. The summed E-state index contributed by atoms with van der Waals surface area (Å²) in [6.45, 7) is 0. The topological polar surface area (TPSA) is 64.7 Å². The van der Waals surface area contributed by atoms with Gasteiger partial charge in [-0.15, -0.1) is 0 Å². The standard InChI is InChI=1S/C18H22IN5O/c1-23-10-14(19)16(22-23)17(25)20-15-2-3-24(21-15)18-7-11-4-12(8-18)6-13(5-11)9-18/h2-3,10-13H,4-9H2,1H3,(H,20,21,25). The van der Waals surface area contributed by atoms with Crippen LogP contribution < -0.4 is 5.32 Å². The molecule has 1 N–H and O–H groups in total. The first-order chi connectivity index (χ1) is 12.0. The average Bonchev–Trinajstić information content (AvgIpc) is 3.12. The van der Waals surface area contributed by atoms with E-state index in [0.717, 1.165) is 21.3 Å². The van der Waals surface area contributed by atoms with Crippen LogP contribution in [0, 0.1) is 21.3 Å². The van der Waals surface area contributed by atoms with Crippen LogP contribution in [0.5, 0.6) is 0 Å². The molecule has 6 rings (SSSR count). The van der Waals surface area contributed by atoms with Gasteiger partial charge in [0.1, 0.15) is 0 Å². The summed E-state index contributed by atoms with van der Waals surface area (Å²) in [7, 11) is 1.82. The Bertz CT molecular complexity index is 803. The minimum absolute atomic E-state index is 0.192. The zero-order valence-electron chi connectivity index (χ0n) is 14.3. The molecule has 1 amide bonds. The number of nitrogens with one attached hydrogen (secondary N) is 1. The zero-order valence-corrected chi connectivity index (χ0v) is 16.4. The average molecular weight is 451 g/mol. The van der Waals surface area contributed by atoms with Gasteiger partial charge in [0.2, 0.25) is 0 Å². The number of anilines is 1. The number of carbonyl (C=O) groups excluding carboxylic acids is 1. The van der Waals surface area contributed by atoms with Crippen molar-refractivity contribution in [1.82, 2.24) is 19.6 Å². The Hall–Kier alpha value is -1.38. The molecular formula is C18H22IN5O. The highest BCUT2D eigenvalue weighted by atomic mass is 127. The first-order valence-electron chi connectivity index (χ1n) is 9.07. The van der Waals surface area contributed by atoms with Crippen LogP contribution in [0.3, 0.4) is 0 Å². The molecule has 4 saturated carbocycles. The number of aryl methyl sites for hydroxylation is 1. The van der Waals surface area contributed by atoms with Crippen LogP contribution in [0.4, 0.5) is 5.82 Å². The van der Waals surface area contributed by atoms with E-state index in [1.165, 1.54) is 38.5 Å². The Balaban J connectivity index is 1.37. The van der Waals surface area contributed by atoms with E-state index in [4.69, 9.17) is 5.10 Å². The Labute approximate surface area is 160 Å². The normalized spacial score (nSPS) is 33.0. The van der Waals surface area contributed by atoms with E-state index in [1.807, 2.05) is 19.3 Å². The molecule has 0 saturated heterocycles. The molecule has 0 radical (unpaired) electrons. The van der Waals surface area contributed by atoms with Crippen molar-refractivity contribution in [1.29, 1.82) is 0 Å². The van der Waals surface area contributed by atoms with Gasteiger partial charge in [0.25, 0.3) is 5.91 Å². The molecule has 25 heavy (non-hydrogen) atoms. The fourth-order valence-electron chi connectivity index (χ4n) is 5.79. The van der Waals surface area contributed by atoms with Crippen LogP contribution in [0.15, 0.2) is 18.5 Å². The van der Waals surface area contributed by atoms with Gasteiger partial charge in [0.15, 0.2) is 11.5 Å². The summed E-state index contributed by atoms with van der Waals surface area (Å²) in [5.74, 6) is 3.07. The number of rotatable bonds is 3. The largest absolute Gasteiger partial charge is 0.304 e. The molecule has 7 heteroatoms. The van der Waals surface area contributed by atoms with E-state index in [1.54, 1.807) is 4.68 Å². The van der Waals surface area contributed by atoms with Gasteiger partial charge in [-0.1, -0.05) is 0 Å². The molecule has 0 unspecified atom stereocenters. The molecule has 2 aromatic heterocycles. The van der Waals surface area contributed by atoms with E-state index in [-0.39, 0.29) is 11.4 Å². The summed E-state index contributed by atoms with van der Waals surface area (Å²) >= 11 is 2.13. The molecule has 2 heterocycles. The van der Waals surface area contributed by atoms with Gasteiger partial charge in [-0.3, -0.25) is 14.2 Å². The number of nitrogens with zero attached hydrogens (tertiary/aromatic N) is 4. The molecular weight excluding hydrogens is 429 g/mol. The van der Waals surface area contributed by atoms with E-state index in [9.17, 15) is 4.79 Å². The maximum absolute atomic E-state index is 12.5. The zero-order chi connectivity index (χ0) is 17.2. The fourth-order valence-corrected chi connectivity index (χ4v) is 6.55. The third kappa shape index (κ3) is 2.62. The molecule has 132 valence electrons. The van der Waals surface area contributed by atoms with Gasteiger partial charge in [-0.2, -0.15) is 10.2 Å². The van der Waals surface area contributed by atoms with E-state index in [2.05, 4.69) is 43.9 Å². The first kappa shape index (κ1) is 15.8. The predicted molar refractivity (Wildman–Crippen MR) is 102 cm³/mol. The maximum atomic E-state index is 12.5. The van der Waals surface area contributed by atoms with Gasteiger partial charge >= 0.3 is 0 Å². The van der Waals surface area contributed by atoms with E-state index >= 15 is 0 Å². The van der Waals surface area contributed by atoms with Crippen LogP contribution in [0.1, 0.15) is 49.0 Å². The molecule has 4 aliphatic carbocycles. The fraction of sp³-hybridized carbons (Fsp3) is 0.611. The minimum atomic E-state index is -0.194. The Kier molecular flexibility index (Phi) is 3.52. The van der Waals surface area contributed by atoms with Gasteiger partial charge in [-0.05, 0) is 78.9 Å². The monoisotopic (exact) mass is 451 g/mol. The molecule has 2 aromatic rings. The lowest BCUT2D eigenvalue weighted by atomic mass is 9.53. The van der Waals surface area contributed by atoms with Crippen molar-refractivity contribution in [3.8, 4) is 0 Å². The van der Waals surface area contributed by atoms with Crippen LogP contribution in [-0.2, 0) is 12.6 Å². The molecule has 4 bridgehead atoms. The van der Waals surface area contributed by atoms with Gasteiger partial charge in [-0.25, -0.2) is 0 Å². The van der Waals surface area contributed by atoms with Crippen molar-refractivity contribution >= 4 is 34.3 Å². The second-order valence-corrected chi connectivity index (χ2v) is 9.40. The number of hydrogen-bond donors (Lipinski definition) is 1. The van der Waals surface area contributed by atoms with Crippen molar-refractivity contribution in [3.63, 3.8) is 0 Å². The summed E-state index contributed by atoms with van der Waals surface area (Å²) in [6, 6.07) is 1.92. The number of halogens is 1. The van der Waals surface area contributed by atoms with E-state index < -0.39 is 0 Å². The summed E-state index contributed by atoms with van der Waals surface area (Å²) in [5.41, 5.74) is 0.643. The molecule has 4 aliphatic rings. The van der Waals surface area contributed by atoms with Crippen LogP contribution >= 0.6 is 22.6 Å². The molecule has 4 fully saturated rings. The predicted octanol–water partition coefficient (Wildman–Crippen LogP) is 3.40. The number of hydrogen-bond acceptors (Lipinski definition) is 3. The van der Waals surface area contributed by atoms with Crippen LogP contribution in [0.2, 0.25) is 0 Å².